The van der Waals surface area contributed by atoms with E-state index in [0.717, 1.165) is 5.56 Å². The lowest BCUT2D eigenvalue weighted by molar-refractivity contribution is 0.164. The third-order valence-corrected chi connectivity index (χ3v) is 4.78. The highest BCUT2D eigenvalue weighted by molar-refractivity contribution is 5.20. The van der Waals surface area contributed by atoms with Crippen molar-refractivity contribution in [3.8, 4) is 0 Å². The van der Waals surface area contributed by atoms with Gasteiger partial charge in [-0.3, -0.25) is 0 Å². The molecule has 1 aliphatic rings. The molecule has 0 heterocycles. The number of rotatable bonds is 5. The number of aliphatic hydroxyl groups is 1. The minimum absolute atomic E-state index is 0.409. The number of nitrogens with one attached hydrogen (secondary N) is 1. The van der Waals surface area contributed by atoms with E-state index in [4.69, 9.17) is 0 Å². The van der Waals surface area contributed by atoms with Crippen LogP contribution in [0.25, 0.3) is 0 Å². The van der Waals surface area contributed by atoms with Crippen molar-refractivity contribution >= 4 is 0 Å². The fraction of sp³-hybridized carbons (Fsp3) is 0.400. The molecule has 22 heavy (non-hydrogen) atoms. The van der Waals surface area contributed by atoms with E-state index in [0.29, 0.717) is 18.5 Å². The molecule has 0 spiro atoms. The minimum Gasteiger partial charge on any atom is -0.387 e. The van der Waals surface area contributed by atoms with Crippen LogP contribution < -0.4 is 5.32 Å². The molecule has 2 aromatic carbocycles. The molecule has 2 N–H and O–H groups in total. The Morgan fingerprint density at radius 3 is 2.09 bits per heavy atom. The molecule has 0 saturated heterocycles. The van der Waals surface area contributed by atoms with Crippen LogP contribution in [-0.4, -0.2) is 17.7 Å². The fourth-order valence-electron chi connectivity index (χ4n) is 3.43. The zero-order valence-corrected chi connectivity index (χ0v) is 13.0. The normalized spacial score (nSPS) is 23.1. The maximum Gasteiger partial charge on any atom is 0.0914 e. The second-order valence-electron chi connectivity index (χ2n) is 6.29. The summed E-state index contributed by atoms with van der Waals surface area (Å²) in [6.07, 6.45) is 4.46. The topological polar surface area (TPSA) is 32.3 Å². The predicted molar refractivity (Wildman–Crippen MR) is 90.8 cm³/mol. The second-order valence-corrected chi connectivity index (χ2v) is 6.29. The molecular formula is C20H25NO. The maximum atomic E-state index is 10.2. The predicted octanol–water partition coefficient (Wildman–Crippen LogP) is 4.04. The quantitative estimate of drug-likeness (QED) is 0.872. The molecule has 3 rings (SSSR count). The Balaban J connectivity index is 1.44. The van der Waals surface area contributed by atoms with Crippen molar-refractivity contribution < 1.29 is 5.11 Å². The van der Waals surface area contributed by atoms with Crippen LogP contribution in [-0.2, 0) is 0 Å². The maximum absolute atomic E-state index is 10.2. The Morgan fingerprint density at radius 1 is 0.864 bits per heavy atom. The first-order valence-electron chi connectivity index (χ1n) is 8.34. The molecular weight excluding hydrogens is 270 g/mol. The molecule has 1 saturated carbocycles. The lowest BCUT2D eigenvalue weighted by atomic mass is 9.82. The van der Waals surface area contributed by atoms with Gasteiger partial charge >= 0.3 is 0 Å². The van der Waals surface area contributed by atoms with E-state index in [9.17, 15) is 5.11 Å². The molecule has 1 aliphatic carbocycles. The second kappa shape index (κ2) is 7.57. The summed E-state index contributed by atoms with van der Waals surface area (Å²) < 4.78 is 0. The van der Waals surface area contributed by atoms with Gasteiger partial charge in [-0.15, -0.1) is 0 Å². The number of hydrogen-bond donors (Lipinski definition) is 2. The van der Waals surface area contributed by atoms with Crippen LogP contribution in [0.2, 0.25) is 0 Å². The van der Waals surface area contributed by atoms with Crippen LogP contribution in [0.4, 0.5) is 0 Å². The molecule has 0 aliphatic heterocycles. The average molecular weight is 295 g/mol. The molecule has 1 fully saturated rings. The van der Waals surface area contributed by atoms with Gasteiger partial charge in [-0.2, -0.15) is 0 Å². The van der Waals surface area contributed by atoms with E-state index in [-0.39, 0.29) is 0 Å². The number of hydrogen-bond acceptors (Lipinski definition) is 2. The SMILES string of the molecule is O[C@@H](CNC1CCC(c2ccccc2)CC1)c1ccccc1. The summed E-state index contributed by atoms with van der Waals surface area (Å²) in [6.45, 7) is 0.644. The number of benzene rings is 2. The molecule has 1 atom stereocenters. The van der Waals surface area contributed by atoms with Crippen LogP contribution in [0.3, 0.4) is 0 Å². The zero-order chi connectivity index (χ0) is 15.2. The van der Waals surface area contributed by atoms with Crippen molar-refractivity contribution in [2.75, 3.05) is 6.54 Å². The number of aliphatic hydroxyl groups excluding tert-OH is 1. The summed E-state index contributed by atoms with van der Waals surface area (Å²) in [7, 11) is 0. The standard InChI is InChI=1S/C20H25NO/c22-20(18-9-5-2-6-10-18)15-21-19-13-11-17(12-14-19)16-7-3-1-4-8-16/h1-10,17,19-22H,11-15H2/t17?,19?,20-/m0/s1. The Labute approximate surface area is 133 Å². The van der Waals surface area contributed by atoms with Gasteiger partial charge in [0.15, 0.2) is 0 Å². The van der Waals surface area contributed by atoms with Gasteiger partial charge in [0.1, 0.15) is 0 Å². The van der Waals surface area contributed by atoms with Crippen LogP contribution >= 0.6 is 0 Å². The highest BCUT2D eigenvalue weighted by Gasteiger charge is 2.22. The highest BCUT2D eigenvalue weighted by Crippen LogP contribution is 2.32. The first kappa shape index (κ1) is 15.3. The van der Waals surface area contributed by atoms with Gasteiger partial charge in [0, 0.05) is 12.6 Å². The van der Waals surface area contributed by atoms with Gasteiger partial charge in [-0.05, 0) is 42.7 Å². The first-order valence-corrected chi connectivity index (χ1v) is 8.34. The monoisotopic (exact) mass is 295 g/mol. The van der Waals surface area contributed by atoms with E-state index in [1.165, 1.54) is 31.2 Å². The lowest BCUT2D eigenvalue weighted by Crippen LogP contribution is -2.35. The largest absolute Gasteiger partial charge is 0.387 e. The van der Waals surface area contributed by atoms with Crippen molar-refractivity contribution in [3.05, 3.63) is 71.8 Å². The van der Waals surface area contributed by atoms with Crippen molar-refractivity contribution in [1.29, 1.82) is 0 Å². The lowest BCUT2D eigenvalue weighted by Gasteiger charge is -2.30. The summed E-state index contributed by atoms with van der Waals surface area (Å²) in [5.41, 5.74) is 2.47. The Hall–Kier alpha value is -1.64. The van der Waals surface area contributed by atoms with E-state index >= 15 is 0 Å². The zero-order valence-electron chi connectivity index (χ0n) is 13.0. The molecule has 0 aromatic heterocycles. The Morgan fingerprint density at radius 2 is 1.45 bits per heavy atom. The van der Waals surface area contributed by atoms with Crippen molar-refractivity contribution in [2.45, 2.75) is 43.7 Å². The van der Waals surface area contributed by atoms with Gasteiger partial charge in [0.2, 0.25) is 0 Å². The van der Waals surface area contributed by atoms with Crippen LogP contribution in [0.1, 0.15) is 48.8 Å². The minimum atomic E-state index is -0.409. The molecule has 0 bridgehead atoms. The Bertz CT molecular complexity index is 546. The van der Waals surface area contributed by atoms with Gasteiger partial charge in [0.05, 0.1) is 6.10 Å². The van der Waals surface area contributed by atoms with Crippen LogP contribution in [0.5, 0.6) is 0 Å². The van der Waals surface area contributed by atoms with E-state index in [2.05, 4.69) is 35.6 Å². The van der Waals surface area contributed by atoms with Gasteiger partial charge in [-0.25, -0.2) is 0 Å². The summed E-state index contributed by atoms with van der Waals surface area (Å²) >= 11 is 0. The molecule has 116 valence electrons. The van der Waals surface area contributed by atoms with Crippen LogP contribution in [0.15, 0.2) is 60.7 Å². The highest BCUT2D eigenvalue weighted by atomic mass is 16.3. The van der Waals surface area contributed by atoms with Crippen molar-refractivity contribution in [1.82, 2.24) is 5.32 Å². The van der Waals surface area contributed by atoms with Gasteiger partial charge < -0.3 is 10.4 Å². The summed E-state index contributed by atoms with van der Waals surface area (Å²) in [5, 5.41) is 13.8. The molecule has 0 radical (unpaired) electrons. The van der Waals surface area contributed by atoms with Crippen molar-refractivity contribution in [2.24, 2.45) is 0 Å². The summed E-state index contributed by atoms with van der Waals surface area (Å²) in [5.74, 6) is 0.707. The fourth-order valence-corrected chi connectivity index (χ4v) is 3.43. The summed E-state index contributed by atoms with van der Waals surface area (Å²) in [4.78, 5) is 0. The molecule has 2 aromatic rings. The van der Waals surface area contributed by atoms with Crippen LogP contribution in [0, 0.1) is 0 Å². The third-order valence-electron chi connectivity index (χ3n) is 4.78. The van der Waals surface area contributed by atoms with Gasteiger partial charge in [-0.1, -0.05) is 60.7 Å². The smallest absolute Gasteiger partial charge is 0.0914 e. The first-order chi connectivity index (χ1) is 10.8. The molecule has 2 heteroatoms. The van der Waals surface area contributed by atoms with Crippen molar-refractivity contribution in [3.63, 3.8) is 0 Å². The van der Waals surface area contributed by atoms with E-state index in [1.54, 1.807) is 0 Å². The van der Waals surface area contributed by atoms with Gasteiger partial charge in [0.25, 0.3) is 0 Å². The molecule has 2 nitrogen and oxygen atoms in total. The average Bonchev–Trinajstić information content (AvgIpc) is 2.61. The molecule has 0 unspecified atom stereocenters. The van der Waals surface area contributed by atoms with E-state index < -0.39 is 6.10 Å². The third kappa shape index (κ3) is 3.96. The van der Waals surface area contributed by atoms with E-state index in [1.807, 2.05) is 30.3 Å². The molecule has 0 amide bonds. The summed E-state index contributed by atoms with van der Waals surface area (Å²) in [6, 6.07) is 21.3. The Kier molecular flexibility index (Phi) is 5.25.